The fourth-order valence-electron chi connectivity index (χ4n) is 3.22. The zero-order chi connectivity index (χ0) is 19.2. The summed E-state index contributed by atoms with van der Waals surface area (Å²) in [6, 6.07) is 10.7. The molecule has 0 atom stereocenters. The van der Waals surface area contributed by atoms with Crippen LogP contribution in [0.5, 0.6) is 11.5 Å². The van der Waals surface area contributed by atoms with Crippen LogP contribution in [0.3, 0.4) is 0 Å². The Morgan fingerprint density at radius 1 is 1.15 bits per heavy atom. The van der Waals surface area contributed by atoms with E-state index >= 15 is 0 Å². The van der Waals surface area contributed by atoms with Gasteiger partial charge < -0.3 is 18.8 Å². The van der Waals surface area contributed by atoms with E-state index in [1.165, 1.54) is 6.07 Å². The summed E-state index contributed by atoms with van der Waals surface area (Å²) in [5.74, 6) is 1.99. The predicted octanol–water partition coefficient (Wildman–Crippen LogP) is 2.96. The molecule has 0 bridgehead atoms. The van der Waals surface area contributed by atoms with Gasteiger partial charge in [-0.3, -0.25) is 4.79 Å². The Morgan fingerprint density at radius 3 is 2.48 bits per heavy atom. The van der Waals surface area contributed by atoms with Crippen molar-refractivity contribution in [1.29, 1.82) is 0 Å². The Kier molecular flexibility index (Phi) is 6.16. The molecule has 6 heteroatoms. The highest BCUT2D eigenvalue weighted by atomic mass is 16.5. The van der Waals surface area contributed by atoms with Gasteiger partial charge in [-0.25, -0.2) is 4.79 Å². The molecule has 0 spiro atoms. The minimum absolute atomic E-state index is 0.000672. The minimum atomic E-state index is -0.409. The molecule has 0 radical (unpaired) electrons. The predicted molar refractivity (Wildman–Crippen MR) is 101 cm³/mol. The minimum Gasteiger partial charge on any atom is -0.494 e. The molecule has 1 aliphatic rings. The maximum absolute atomic E-state index is 12.5. The summed E-state index contributed by atoms with van der Waals surface area (Å²) in [5.41, 5.74) is 0.571. The van der Waals surface area contributed by atoms with E-state index in [1.54, 1.807) is 13.0 Å². The molecular weight excluding hydrogens is 346 g/mol. The summed E-state index contributed by atoms with van der Waals surface area (Å²) in [6.07, 6.45) is 1.88. The van der Waals surface area contributed by atoms with Crippen molar-refractivity contribution in [2.45, 2.75) is 39.2 Å². The Labute approximate surface area is 158 Å². The third-order valence-electron chi connectivity index (χ3n) is 4.55. The Hall–Kier alpha value is -2.76. The molecular formula is C21H25NO5. The molecule has 3 rings (SSSR count). The summed E-state index contributed by atoms with van der Waals surface area (Å²) >= 11 is 0. The maximum Gasteiger partial charge on any atom is 0.339 e. The van der Waals surface area contributed by atoms with E-state index in [2.05, 4.69) is 0 Å². The van der Waals surface area contributed by atoms with Gasteiger partial charge in [0.1, 0.15) is 23.4 Å². The lowest BCUT2D eigenvalue weighted by molar-refractivity contribution is -0.132. The summed E-state index contributed by atoms with van der Waals surface area (Å²) in [4.78, 5) is 25.8. The molecule has 1 fully saturated rings. The second-order valence-corrected chi connectivity index (χ2v) is 6.67. The first-order valence-electron chi connectivity index (χ1n) is 9.31. The smallest absolute Gasteiger partial charge is 0.339 e. The van der Waals surface area contributed by atoms with E-state index in [9.17, 15) is 9.59 Å². The van der Waals surface area contributed by atoms with Gasteiger partial charge >= 0.3 is 5.63 Å². The summed E-state index contributed by atoms with van der Waals surface area (Å²) < 4.78 is 16.2. The molecule has 1 amide bonds. The lowest BCUT2D eigenvalue weighted by atomic mass is 10.1. The number of amides is 1. The number of hydrogen-bond donors (Lipinski definition) is 0. The largest absolute Gasteiger partial charge is 0.494 e. The van der Waals surface area contributed by atoms with Gasteiger partial charge in [-0.15, -0.1) is 0 Å². The van der Waals surface area contributed by atoms with Gasteiger partial charge in [-0.05, 0) is 31.5 Å². The van der Waals surface area contributed by atoms with Crippen molar-refractivity contribution >= 4 is 5.91 Å². The molecule has 6 nitrogen and oxygen atoms in total. The molecule has 144 valence electrons. The lowest BCUT2D eigenvalue weighted by Crippen LogP contribution is -2.42. The molecule has 2 heterocycles. The van der Waals surface area contributed by atoms with E-state index in [-0.39, 0.29) is 12.0 Å². The highest BCUT2D eigenvalue weighted by Crippen LogP contribution is 2.20. The zero-order valence-corrected chi connectivity index (χ0v) is 15.8. The molecule has 0 saturated carbocycles. The summed E-state index contributed by atoms with van der Waals surface area (Å²) in [5, 5.41) is 0. The molecule has 27 heavy (non-hydrogen) atoms. The van der Waals surface area contributed by atoms with E-state index in [0.29, 0.717) is 37.6 Å². The van der Waals surface area contributed by atoms with Crippen molar-refractivity contribution < 1.29 is 18.7 Å². The molecule has 1 aromatic carbocycles. The first-order chi connectivity index (χ1) is 13.0. The Bertz CT molecular complexity index is 819. The number of benzene rings is 1. The van der Waals surface area contributed by atoms with Crippen molar-refractivity contribution in [3.8, 4) is 11.5 Å². The number of carbonyl (C=O) groups is 1. The number of piperidine rings is 1. The average molecular weight is 371 g/mol. The quantitative estimate of drug-likeness (QED) is 0.781. The average Bonchev–Trinajstić information content (AvgIpc) is 2.63. The van der Waals surface area contributed by atoms with Gasteiger partial charge in [0, 0.05) is 32.0 Å². The van der Waals surface area contributed by atoms with E-state index in [1.807, 2.05) is 36.1 Å². The number of hydrogen-bond acceptors (Lipinski definition) is 5. The van der Waals surface area contributed by atoms with Gasteiger partial charge in [0.15, 0.2) is 0 Å². The van der Waals surface area contributed by atoms with E-state index in [4.69, 9.17) is 13.9 Å². The highest BCUT2D eigenvalue weighted by Gasteiger charge is 2.24. The van der Waals surface area contributed by atoms with Gasteiger partial charge in [0.25, 0.3) is 0 Å². The van der Waals surface area contributed by atoms with Crippen LogP contribution in [0.15, 0.2) is 45.6 Å². The first kappa shape index (κ1) is 19.0. The third-order valence-corrected chi connectivity index (χ3v) is 4.55. The standard InChI is InChI=1S/C21H25NO5/c1-3-25-17-6-4-16(5-7-17)13-20(23)22-10-8-18(9-11-22)27-19-12-15(2)26-21(24)14-19/h4-7,12,14,18H,3,8-11,13H2,1-2H3. The molecule has 1 aromatic heterocycles. The van der Waals surface area contributed by atoms with Crippen molar-refractivity contribution in [1.82, 2.24) is 4.90 Å². The van der Waals surface area contributed by atoms with Crippen LogP contribution in [-0.4, -0.2) is 36.6 Å². The number of nitrogens with zero attached hydrogens (tertiary/aromatic N) is 1. The van der Waals surface area contributed by atoms with E-state index < -0.39 is 5.63 Å². The maximum atomic E-state index is 12.5. The molecule has 0 unspecified atom stereocenters. The van der Waals surface area contributed by atoms with Crippen LogP contribution >= 0.6 is 0 Å². The van der Waals surface area contributed by atoms with Crippen molar-refractivity contribution in [3.05, 3.63) is 58.1 Å². The lowest BCUT2D eigenvalue weighted by Gasteiger charge is -2.32. The first-order valence-corrected chi connectivity index (χ1v) is 9.31. The van der Waals surface area contributed by atoms with Crippen molar-refractivity contribution in [2.75, 3.05) is 19.7 Å². The van der Waals surface area contributed by atoms with Crippen molar-refractivity contribution in [3.63, 3.8) is 0 Å². The molecule has 2 aromatic rings. The van der Waals surface area contributed by atoms with Crippen LogP contribution in [0.4, 0.5) is 0 Å². The molecule has 1 saturated heterocycles. The van der Waals surface area contributed by atoms with Crippen LogP contribution in [-0.2, 0) is 11.2 Å². The monoisotopic (exact) mass is 371 g/mol. The highest BCUT2D eigenvalue weighted by molar-refractivity contribution is 5.78. The van der Waals surface area contributed by atoms with Crippen LogP contribution < -0.4 is 15.1 Å². The summed E-state index contributed by atoms with van der Waals surface area (Å²) in [7, 11) is 0. The van der Waals surface area contributed by atoms with Crippen LogP contribution in [0.25, 0.3) is 0 Å². The van der Waals surface area contributed by atoms with Gasteiger partial charge in [-0.1, -0.05) is 12.1 Å². The third kappa shape index (κ3) is 5.36. The SMILES string of the molecule is CCOc1ccc(CC(=O)N2CCC(Oc3cc(C)oc(=O)c3)CC2)cc1. The van der Waals surface area contributed by atoms with E-state index in [0.717, 1.165) is 24.2 Å². The Morgan fingerprint density at radius 2 is 1.85 bits per heavy atom. The summed E-state index contributed by atoms with van der Waals surface area (Å²) in [6.45, 7) is 5.60. The topological polar surface area (TPSA) is 69.0 Å². The molecule has 1 aliphatic heterocycles. The number of carbonyl (C=O) groups excluding carboxylic acids is 1. The second kappa shape index (κ2) is 8.75. The fourth-order valence-corrected chi connectivity index (χ4v) is 3.22. The fraction of sp³-hybridized carbons (Fsp3) is 0.429. The molecule has 0 N–H and O–H groups in total. The number of rotatable bonds is 6. The normalized spacial score (nSPS) is 14.8. The van der Waals surface area contributed by atoms with Gasteiger partial charge in [-0.2, -0.15) is 0 Å². The number of ether oxygens (including phenoxy) is 2. The van der Waals surface area contributed by atoms with Crippen LogP contribution in [0.1, 0.15) is 31.1 Å². The van der Waals surface area contributed by atoms with Crippen molar-refractivity contribution in [2.24, 2.45) is 0 Å². The number of aryl methyl sites for hydroxylation is 1. The Balaban J connectivity index is 1.49. The van der Waals surface area contributed by atoms with Gasteiger partial charge in [0.05, 0.1) is 19.1 Å². The zero-order valence-electron chi connectivity index (χ0n) is 15.8. The van der Waals surface area contributed by atoms with Gasteiger partial charge in [0.2, 0.25) is 5.91 Å². The van der Waals surface area contributed by atoms with Crippen LogP contribution in [0.2, 0.25) is 0 Å². The molecule has 0 aliphatic carbocycles. The van der Waals surface area contributed by atoms with Crippen LogP contribution in [0, 0.1) is 6.92 Å². The number of likely N-dealkylation sites (tertiary alicyclic amines) is 1. The second-order valence-electron chi connectivity index (χ2n) is 6.67.